The highest BCUT2D eigenvalue weighted by molar-refractivity contribution is 5.33. The number of rotatable bonds is 7. The van der Waals surface area contributed by atoms with Gasteiger partial charge in [-0.25, -0.2) is 0 Å². The molecule has 2 N–H and O–H groups in total. The van der Waals surface area contributed by atoms with E-state index in [0.29, 0.717) is 18.4 Å². The summed E-state index contributed by atoms with van der Waals surface area (Å²) < 4.78 is 29.1. The van der Waals surface area contributed by atoms with Crippen molar-refractivity contribution in [3.05, 3.63) is 29.8 Å². The third-order valence-electron chi connectivity index (χ3n) is 3.96. The Morgan fingerprint density at radius 1 is 1.25 bits per heavy atom. The smallest absolute Gasteiger partial charge is 0.387 e. The molecule has 0 saturated heterocycles. The molecule has 0 radical (unpaired) electrons. The minimum atomic E-state index is -2.80. The molecule has 1 aliphatic rings. The van der Waals surface area contributed by atoms with Gasteiger partial charge in [0, 0.05) is 18.7 Å². The standard InChI is InChI=1S/C15H21F2NO2/c16-15(17)20-14-7-2-1-4-12(14)9-18-8-11-5-3-6-13(11)10-19/h1-2,4,7,11,13,15,18-19H,3,5-6,8-10H2. The maximum atomic E-state index is 12.3. The zero-order valence-corrected chi connectivity index (χ0v) is 11.4. The fraction of sp³-hybridized carbons (Fsp3) is 0.600. The van der Waals surface area contributed by atoms with Crippen LogP contribution in [-0.4, -0.2) is 24.9 Å². The summed E-state index contributed by atoms with van der Waals surface area (Å²) in [5, 5.41) is 12.6. The van der Waals surface area contributed by atoms with Gasteiger partial charge in [-0.15, -0.1) is 0 Å². The van der Waals surface area contributed by atoms with Gasteiger partial charge in [-0.05, 0) is 37.3 Å². The summed E-state index contributed by atoms with van der Waals surface area (Å²) >= 11 is 0. The summed E-state index contributed by atoms with van der Waals surface area (Å²) in [7, 11) is 0. The number of aliphatic hydroxyl groups is 1. The lowest BCUT2D eigenvalue weighted by molar-refractivity contribution is -0.0505. The van der Waals surface area contributed by atoms with Crippen LogP contribution < -0.4 is 10.1 Å². The van der Waals surface area contributed by atoms with Crippen LogP contribution in [0.4, 0.5) is 8.78 Å². The summed E-state index contributed by atoms with van der Waals surface area (Å²) in [6.07, 6.45) is 3.35. The van der Waals surface area contributed by atoms with E-state index < -0.39 is 6.61 Å². The Hall–Kier alpha value is -1.20. The second-order valence-corrected chi connectivity index (χ2v) is 5.25. The van der Waals surface area contributed by atoms with Crippen LogP contribution in [0.3, 0.4) is 0 Å². The molecule has 112 valence electrons. The monoisotopic (exact) mass is 285 g/mol. The van der Waals surface area contributed by atoms with E-state index in [9.17, 15) is 13.9 Å². The third-order valence-corrected chi connectivity index (χ3v) is 3.96. The fourth-order valence-electron chi connectivity index (χ4n) is 2.88. The Labute approximate surface area is 117 Å². The normalized spacial score (nSPS) is 22.4. The number of nitrogens with one attached hydrogen (secondary N) is 1. The van der Waals surface area contributed by atoms with Gasteiger partial charge in [-0.1, -0.05) is 24.6 Å². The molecular weight excluding hydrogens is 264 g/mol. The quantitative estimate of drug-likeness (QED) is 0.809. The number of hydrogen-bond acceptors (Lipinski definition) is 3. The van der Waals surface area contributed by atoms with E-state index in [1.54, 1.807) is 24.3 Å². The molecule has 3 nitrogen and oxygen atoms in total. The molecule has 0 heterocycles. The van der Waals surface area contributed by atoms with Crippen LogP contribution in [-0.2, 0) is 6.54 Å². The lowest BCUT2D eigenvalue weighted by atomic mass is 9.97. The Balaban J connectivity index is 1.84. The lowest BCUT2D eigenvalue weighted by Gasteiger charge is -2.18. The zero-order chi connectivity index (χ0) is 14.4. The average molecular weight is 285 g/mol. The molecule has 0 bridgehead atoms. The predicted octanol–water partition coefficient (Wildman–Crippen LogP) is 2.79. The van der Waals surface area contributed by atoms with E-state index in [-0.39, 0.29) is 12.4 Å². The molecule has 2 rings (SSSR count). The van der Waals surface area contributed by atoms with Gasteiger partial charge in [0.05, 0.1) is 0 Å². The zero-order valence-electron chi connectivity index (χ0n) is 11.4. The molecule has 1 fully saturated rings. The van der Waals surface area contributed by atoms with Crippen molar-refractivity contribution in [1.82, 2.24) is 5.32 Å². The summed E-state index contributed by atoms with van der Waals surface area (Å²) in [5.74, 6) is 1.07. The minimum Gasteiger partial charge on any atom is -0.434 e. The fourth-order valence-corrected chi connectivity index (χ4v) is 2.88. The molecule has 5 heteroatoms. The van der Waals surface area contributed by atoms with Crippen molar-refractivity contribution in [2.75, 3.05) is 13.2 Å². The number of ether oxygens (including phenoxy) is 1. The van der Waals surface area contributed by atoms with E-state index in [1.807, 2.05) is 0 Å². The van der Waals surface area contributed by atoms with Crippen LogP contribution in [0, 0.1) is 11.8 Å². The second kappa shape index (κ2) is 7.55. The molecule has 20 heavy (non-hydrogen) atoms. The van der Waals surface area contributed by atoms with Crippen LogP contribution >= 0.6 is 0 Å². The van der Waals surface area contributed by atoms with E-state index in [4.69, 9.17) is 0 Å². The van der Waals surface area contributed by atoms with Gasteiger partial charge in [0.2, 0.25) is 0 Å². The molecule has 1 aromatic rings. The molecule has 0 aliphatic heterocycles. The first-order chi connectivity index (χ1) is 9.70. The van der Waals surface area contributed by atoms with E-state index >= 15 is 0 Å². The number of alkyl halides is 2. The molecule has 0 amide bonds. The van der Waals surface area contributed by atoms with Crippen LogP contribution in [0.2, 0.25) is 0 Å². The van der Waals surface area contributed by atoms with Gasteiger partial charge < -0.3 is 15.2 Å². The van der Waals surface area contributed by atoms with Gasteiger partial charge >= 0.3 is 6.61 Å². The number of para-hydroxylation sites is 1. The van der Waals surface area contributed by atoms with Crippen LogP contribution in [0.5, 0.6) is 5.75 Å². The third kappa shape index (κ3) is 4.15. The van der Waals surface area contributed by atoms with Crippen molar-refractivity contribution in [1.29, 1.82) is 0 Å². The van der Waals surface area contributed by atoms with Crippen molar-refractivity contribution < 1.29 is 18.6 Å². The Bertz CT molecular complexity index is 415. The maximum Gasteiger partial charge on any atom is 0.387 e. The summed E-state index contributed by atoms with van der Waals surface area (Å²) in [5.41, 5.74) is 0.728. The van der Waals surface area contributed by atoms with Crippen molar-refractivity contribution >= 4 is 0 Å². The highest BCUT2D eigenvalue weighted by atomic mass is 19.3. The predicted molar refractivity (Wildman–Crippen MR) is 72.7 cm³/mol. The number of hydrogen-bond donors (Lipinski definition) is 2. The number of benzene rings is 1. The highest BCUT2D eigenvalue weighted by Crippen LogP contribution is 2.30. The van der Waals surface area contributed by atoms with Crippen LogP contribution in [0.25, 0.3) is 0 Å². The number of halogens is 2. The first-order valence-electron chi connectivity index (χ1n) is 7.05. The first-order valence-corrected chi connectivity index (χ1v) is 7.05. The molecule has 2 atom stereocenters. The Kier molecular flexibility index (Phi) is 5.73. The van der Waals surface area contributed by atoms with E-state index in [1.165, 1.54) is 0 Å². The number of aliphatic hydroxyl groups excluding tert-OH is 1. The van der Waals surface area contributed by atoms with Crippen molar-refractivity contribution in [2.24, 2.45) is 11.8 Å². The van der Waals surface area contributed by atoms with Gasteiger partial charge in [0.15, 0.2) is 0 Å². The Morgan fingerprint density at radius 2 is 2.00 bits per heavy atom. The Morgan fingerprint density at radius 3 is 2.75 bits per heavy atom. The maximum absolute atomic E-state index is 12.3. The molecule has 1 aliphatic carbocycles. The van der Waals surface area contributed by atoms with Gasteiger partial charge in [0.25, 0.3) is 0 Å². The summed E-state index contributed by atoms with van der Waals surface area (Å²) in [6.45, 7) is -1.27. The topological polar surface area (TPSA) is 41.5 Å². The van der Waals surface area contributed by atoms with Gasteiger partial charge in [0.1, 0.15) is 5.75 Å². The first kappa shape index (κ1) is 15.2. The van der Waals surface area contributed by atoms with Crippen molar-refractivity contribution in [3.63, 3.8) is 0 Å². The lowest BCUT2D eigenvalue weighted by Crippen LogP contribution is -2.26. The average Bonchev–Trinajstić information content (AvgIpc) is 2.87. The molecule has 0 aromatic heterocycles. The molecule has 1 aromatic carbocycles. The van der Waals surface area contributed by atoms with E-state index in [2.05, 4.69) is 10.1 Å². The minimum absolute atomic E-state index is 0.222. The van der Waals surface area contributed by atoms with Gasteiger partial charge in [-0.2, -0.15) is 8.78 Å². The largest absolute Gasteiger partial charge is 0.434 e. The van der Waals surface area contributed by atoms with Crippen LogP contribution in [0.15, 0.2) is 24.3 Å². The summed E-state index contributed by atoms with van der Waals surface area (Å²) in [6, 6.07) is 6.82. The van der Waals surface area contributed by atoms with Crippen molar-refractivity contribution in [3.8, 4) is 5.75 Å². The van der Waals surface area contributed by atoms with Crippen LogP contribution in [0.1, 0.15) is 24.8 Å². The molecule has 1 saturated carbocycles. The summed E-state index contributed by atoms with van der Waals surface area (Å²) in [4.78, 5) is 0. The molecule has 2 unspecified atom stereocenters. The van der Waals surface area contributed by atoms with E-state index in [0.717, 1.165) is 31.4 Å². The molecule has 0 spiro atoms. The van der Waals surface area contributed by atoms with Crippen molar-refractivity contribution in [2.45, 2.75) is 32.4 Å². The second-order valence-electron chi connectivity index (χ2n) is 5.25. The SMILES string of the molecule is OCC1CCCC1CNCc1ccccc1OC(F)F. The highest BCUT2D eigenvalue weighted by Gasteiger charge is 2.25. The molecular formula is C15H21F2NO2. The van der Waals surface area contributed by atoms with Gasteiger partial charge in [-0.3, -0.25) is 0 Å².